The molecule has 162 valence electrons. The number of methoxy groups -OCH3 is 1. The molecule has 31 heavy (non-hydrogen) atoms. The molecule has 8 nitrogen and oxygen atoms in total. The maximum Gasteiger partial charge on any atom is 0.279 e. The summed E-state index contributed by atoms with van der Waals surface area (Å²) < 4.78 is 40.4. The van der Waals surface area contributed by atoms with Crippen molar-refractivity contribution >= 4 is 32.7 Å². The number of hydrogen-bond acceptors (Lipinski definition) is 7. The molecular weight excluding hydrogens is 440 g/mol. The highest BCUT2D eigenvalue weighted by molar-refractivity contribution is 8.15. The van der Waals surface area contributed by atoms with Crippen LogP contribution in [0.2, 0.25) is 0 Å². The fraction of sp³-hybridized carbons (Fsp3) is 0.333. The number of thioether (sulfide) groups is 1. The van der Waals surface area contributed by atoms with Gasteiger partial charge in [-0.05, 0) is 42.0 Å². The van der Waals surface area contributed by atoms with Crippen molar-refractivity contribution in [3.05, 3.63) is 53.6 Å². The topological polar surface area (TPSA) is 94.5 Å². The van der Waals surface area contributed by atoms with Gasteiger partial charge in [0.05, 0.1) is 24.7 Å². The fourth-order valence-electron chi connectivity index (χ4n) is 3.94. The molecule has 3 heterocycles. The molecule has 0 saturated carbocycles. The molecule has 2 aromatic rings. The van der Waals surface area contributed by atoms with Gasteiger partial charge >= 0.3 is 0 Å². The van der Waals surface area contributed by atoms with Crippen LogP contribution in [0.5, 0.6) is 17.2 Å². The van der Waals surface area contributed by atoms with Crippen molar-refractivity contribution < 1.29 is 27.4 Å². The van der Waals surface area contributed by atoms with E-state index in [4.69, 9.17) is 14.2 Å². The molecule has 5 rings (SSSR count). The Morgan fingerprint density at radius 1 is 1.16 bits per heavy atom. The van der Waals surface area contributed by atoms with Crippen molar-refractivity contribution in [2.24, 2.45) is 4.99 Å². The van der Waals surface area contributed by atoms with Gasteiger partial charge < -0.3 is 19.1 Å². The molecule has 2 unspecified atom stereocenters. The molecule has 0 bridgehead atoms. The van der Waals surface area contributed by atoms with Crippen LogP contribution in [-0.4, -0.2) is 61.1 Å². The minimum atomic E-state index is -3.11. The molecule has 2 aromatic carbocycles. The third kappa shape index (κ3) is 3.97. The van der Waals surface area contributed by atoms with Crippen LogP contribution in [0.1, 0.15) is 15.9 Å². The zero-order valence-corrected chi connectivity index (χ0v) is 18.3. The van der Waals surface area contributed by atoms with Crippen LogP contribution in [0.25, 0.3) is 0 Å². The SMILES string of the molecule is COc1ccc(C(=O)N=C2SC3CS(=O)(=O)CC3N2Cc2ccc3c(c2)OCO3)cc1. The molecule has 0 aliphatic carbocycles. The minimum Gasteiger partial charge on any atom is -0.497 e. The van der Waals surface area contributed by atoms with E-state index in [-0.39, 0.29) is 35.5 Å². The quantitative estimate of drug-likeness (QED) is 0.686. The first-order valence-corrected chi connectivity index (χ1v) is 12.4. The van der Waals surface area contributed by atoms with E-state index >= 15 is 0 Å². The average Bonchev–Trinajstić information content (AvgIpc) is 3.41. The van der Waals surface area contributed by atoms with Crippen LogP contribution in [0.4, 0.5) is 0 Å². The van der Waals surface area contributed by atoms with Crippen molar-refractivity contribution in [2.75, 3.05) is 25.4 Å². The van der Waals surface area contributed by atoms with Gasteiger partial charge in [0, 0.05) is 17.4 Å². The second-order valence-corrected chi connectivity index (χ2v) is 10.9. The summed E-state index contributed by atoms with van der Waals surface area (Å²) in [6.45, 7) is 0.611. The second-order valence-electron chi connectivity index (χ2n) is 7.54. The number of ether oxygens (including phenoxy) is 3. The first-order valence-electron chi connectivity index (χ1n) is 9.71. The fourth-order valence-corrected chi connectivity index (χ4v) is 7.89. The Labute approximate surface area is 184 Å². The number of rotatable bonds is 4. The maximum absolute atomic E-state index is 12.8. The molecular formula is C21H20N2O6S2. The molecule has 0 radical (unpaired) electrons. The third-order valence-electron chi connectivity index (χ3n) is 5.50. The Morgan fingerprint density at radius 3 is 2.71 bits per heavy atom. The molecule has 1 amide bonds. The van der Waals surface area contributed by atoms with Gasteiger partial charge in [-0.15, -0.1) is 0 Å². The van der Waals surface area contributed by atoms with Crippen LogP contribution in [-0.2, 0) is 16.4 Å². The van der Waals surface area contributed by atoms with E-state index in [1.807, 2.05) is 23.1 Å². The van der Waals surface area contributed by atoms with Crippen molar-refractivity contribution in [1.82, 2.24) is 4.90 Å². The monoisotopic (exact) mass is 460 g/mol. The summed E-state index contributed by atoms with van der Waals surface area (Å²) in [7, 11) is -1.55. The summed E-state index contributed by atoms with van der Waals surface area (Å²) in [6.07, 6.45) is 0. The van der Waals surface area contributed by atoms with Gasteiger partial charge in [0.25, 0.3) is 5.91 Å². The number of hydrogen-bond donors (Lipinski definition) is 0. The van der Waals surface area contributed by atoms with Gasteiger partial charge in [-0.1, -0.05) is 17.8 Å². The number of sulfone groups is 1. The summed E-state index contributed by atoms with van der Waals surface area (Å²) in [5.41, 5.74) is 1.38. The predicted molar refractivity (Wildman–Crippen MR) is 117 cm³/mol. The first-order chi connectivity index (χ1) is 14.9. The highest BCUT2D eigenvalue weighted by Gasteiger charge is 2.48. The summed E-state index contributed by atoms with van der Waals surface area (Å²) in [4.78, 5) is 19.1. The van der Waals surface area contributed by atoms with E-state index in [1.165, 1.54) is 11.8 Å². The van der Waals surface area contributed by atoms with Crippen LogP contribution < -0.4 is 14.2 Å². The molecule has 3 aliphatic heterocycles. The Hall–Kier alpha value is -2.72. The highest BCUT2D eigenvalue weighted by atomic mass is 32.2. The number of nitrogens with zero attached hydrogens (tertiary/aromatic N) is 2. The minimum absolute atomic E-state index is 0.0605. The molecule has 2 saturated heterocycles. The van der Waals surface area contributed by atoms with Crippen LogP contribution in [0.15, 0.2) is 47.5 Å². The predicted octanol–water partition coefficient (Wildman–Crippen LogP) is 2.33. The Balaban J connectivity index is 1.43. The zero-order valence-electron chi connectivity index (χ0n) is 16.7. The van der Waals surface area contributed by atoms with Gasteiger partial charge in [-0.3, -0.25) is 4.79 Å². The number of amides is 1. The van der Waals surface area contributed by atoms with Crippen LogP contribution in [0, 0.1) is 0 Å². The molecule has 2 fully saturated rings. The molecule has 2 atom stereocenters. The number of carbonyl (C=O) groups excluding carboxylic acids is 1. The summed E-state index contributed by atoms with van der Waals surface area (Å²) in [6, 6.07) is 12.2. The van der Waals surface area contributed by atoms with Crippen molar-refractivity contribution in [1.29, 1.82) is 0 Å². The van der Waals surface area contributed by atoms with E-state index < -0.39 is 9.84 Å². The Kier molecular flexibility index (Phi) is 5.05. The summed E-state index contributed by atoms with van der Waals surface area (Å²) in [5, 5.41) is 0.407. The molecule has 0 N–H and O–H groups in total. The lowest BCUT2D eigenvalue weighted by Crippen LogP contribution is -2.37. The van der Waals surface area contributed by atoms with E-state index in [9.17, 15) is 13.2 Å². The number of benzene rings is 2. The van der Waals surface area contributed by atoms with Gasteiger partial charge in [0.15, 0.2) is 26.5 Å². The lowest BCUT2D eigenvalue weighted by molar-refractivity contribution is 0.100. The van der Waals surface area contributed by atoms with Gasteiger partial charge in [0.2, 0.25) is 6.79 Å². The molecule has 0 spiro atoms. The summed E-state index contributed by atoms with van der Waals surface area (Å²) >= 11 is 1.36. The van der Waals surface area contributed by atoms with Crippen LogP contribution >= 0.6 is 11.8 Å². The lowest BCUT2D eigenvalue weighted by atomic mass is 10.1. The number of amidine groups is 1. The van der Waals surface area contributed by atoms with Gasteiger partial charge in [-0.25, -0.2) is 8.42 Å². The highest BCUT2D eigenvalue weighted by Crippen LogP contribution is 2.40. The van der Waals surface area contributed by atoms with Gasteiger partial charge in [0.1, 0.15) is 5.75 Å². The van der Waals surface area contributed by atoms with E-state index in [2.05, 4.69) is 4.99 Å². The smallest absolute Gasteiger partial charge is 0.279 e. The van der Waals surface area contributed by atoms with Crippen molar-refractivity contribution in [2.45, 2.75) is 17.8 Å². The lowest BCUT2D eigenvalue weighted by Gasteiger charge is -2.24. The number of carbonyl (C=O) groups is 1. The Bertz CT molecular complexity index is 1160. The van der Waals surface area contributed by atoms with Crippen LogP contribution in [0.3, 0.4) is 0 Å². The number of fused-ring (bicyclic) bond motifs is 2. The van der Waals surface area contributed by atoms with E-state index in [0.29, 0.717) is 34.5 Å². The first kappa shape index (κ1) is 20.2. The average molecular weight is 461 g/mol. The molecule has 0 aromatic heterocycles. The third-order valence-corrected chi connectivity index (χ3v) is 8.75. The Morgan fingerprint density at radius 2 is 1.94 bits per heavy atom. The zero-order chi connectivity index (χ0) is 21.6. The normalized spacial score (nSPS) is 24.4. The van der Waals surface area contributed by atoms with Crippen molar-refractivity contribution in [3.63, 3.8) is 0 Å². The second kappa shape index (κ2) is 7.76. The largest absolute Gasteiger partial charge is 0.497 e. The molecule has 3 aliphatic rings. The summed E-state index contributed by atoms with van der Waals surface area (Å²) in [5.74, 6) is 1.78. The maximum atomic E-state index is 12.8. The van der Waals surface area contributed by atoms with E-state index in [1.54, 1.807) is 31.4 Å². The van der Waals surface area contributed by atoms with Gasteiger partial charge in [-0.2, -0.15) is 4.99 Å². The van der Waals surface area contributed by atoms with E-state index in [0.717, 1.165) is 5.56 Å². The number of aliphatic imine (C=N–C) groups is 1. The standard InChI is InChI=1S/C21H20N2O6S2/c1-27-15-5-3-14(4-6-15)20(24)22-21-23(16-10-31(25,26)11-19(16)30-21)9-13-2-7-17-18(8-13)29-12-28-17/h2-8,16,19H,9-12H2,1H3. The van der Waals surface area contributed by atoms with Crippen molar-refractivity contribution in [3.8, 4) is 17.2 Å². The molecule has 10 heteroatoms.